The first-order chi connectivity index (χ1) is 11.7. The monoisotopic (exact) mass is 335 g/mol. The fourth-order valence-corrected chi connectivity index (χ4v) is 3.97. The number of para-hydroxylation sites is 2. The van der Waals surface area contributed by atoms with E-state index in [9.17, 15) is 5.11 Å². The van der Waals surface area contributed by atoms with Gasteiger partial charge in [-0.15, -0.1) is 0 Å². The van der Waals surface area contributed by atoms with Crippen LogP contribution in [0.1, 0.15) is 0 Å². The van der Waals surface area contributed by atoms with Crippen LogP contribution in [0.2, 0.25) is 0 Å². The summed E-state index contributed by atoms with van der Waals surface area (Å²) in [5.74, 6) is 0.885. The van der Waals surface area contributed by atoms with Gasteiger partial charge in [-0.25, -0.2) is 0 Å². The number of aliphatic hydroxyl groups is 1. The van der Waals surface area contributed by atoms with Crippen molar-refractivity contribution in [2.45, 2.75) is 30.6 Å². The van der Waals surface area contributed by atoms with E-state index in [2.05, 4.69) is 15.9 Å². The number of methoxy groups -OCH3 is 1. The Morgan fingerprint density at radius 1 is 1.21 bits per heavy atom. The molecule has 1 aromatic rings. The van der Waals surface area contributed by atoms with Gasteiger partial charge in [-0.05, 0) is 12.1 Å². The molecule has 1 aromatic carbocycles. The molecule has 4 rings (SSSR count). The zero-order chi connectivity index (χ0) is 16.7. The van der Waals surface area contributed by atoms with Crippen LogP contribution in [-0.4, -0.2) is 80.5 Å². The molecule has 3 aliphatic rings. The second-order valence-corrected chi connectivity index (χ2v) is 6.63. The topological polar surface area (TPSA) is 80.4 Å². The predicted molar refractivity (Wildman–Crippen MR) is 89.2 cm³/mol. The van der Waals surface area contributed by atoms with Crippen molar-refractivity contribution in [3.63, 3.8) is 0 Å². The largest absolute Gasteiger partial charge is 0.495 e. The zero-order valence-electron chi connectivity index (χ0n) is 13.9. The lowest BCUT2D eigenvalue weighted by atomic mass is 9.95. The van der Waals surface area contributed by atoms with Gasteiger partial charge in [0.15, 0.2) is 6.29 Å². The Hall–Kier alpha value is -1.38. The van der Waals surface area contributed by atoms with Crippen molar-refractivity contribution in [1.29, 1.82) is 0 Å². The predicted octanol–water partition coefficient (Wildman–Crippen LogP) is -0.371. The molecule has 132 valence electrons. The summed E-state index contributed by atoms with van der Waals surface area (Å²) in [5, 5.41) is 10.6. The lowest BCUT2D eigenvalue weighted by Gasteiger charge is -2.46. The van der Waals surface area contributed by atoms with Gasteiger partial charge in [0, 0.05) is 26.2 Å². The molecule has 0 radical (unpaired) electrons. The molecule has 5 atom stereocenters. The lowest BCUT2D eigenvalue weighted by Crippen LogP contribution is -2.65. The number of aliphatic hydroxyl groups excluding tert-OH is 1. The van der Waals surface area contributed by atoms with Crippen LogP contribution in [0.25, 0.3) is 0 Å². The molecule has 0 saturated carbocycles. The van der Waals surface area contributed by atoms with Crippen molar-refractivity contribution in [1.82, 2.24) is 4.90 Å². The molecule has 3 heterocycles. The molecule has 7 nitrogen and oxygen atoms in total. The first kappa shape index (κ1) is 16.1. The van der Waals surface area contributed by atoms with Gasteiger partial charge in [0.05, 0.1) is 37.6 Å². The van der Waals surface area contributed by atoms with Crippen molar-refractivity contribution in [3.8, 4) is 5.75 Å². The number of rotatable bonds is 3. The maximum absolute atomic E-state index is 10.6. The number of hydrogen-bond acceptors (Lipinski definition) is 7. The molecule has 0 amide bonds. The van der Waals surface area contributed by atoms with Gasteiger partial charge in [-0.2, -0.15) is 0 Å². The summed E-state index contributed by atoms with van der Waals surface area (Å²) in [6.07, 6.45) is -1.17. The number of nitrogens with zero attached hydrogens (tertiary/aromatic N) is 2. The third-order valence-electron chi connectivity index (χ3n) is 5.35. The Morgan fingerprint density at radius 2 is 1.96 bits per heavy atom. The number of benzene rings is 1. The Kier molecular flexibility index (Phi) is 4.36. The molecule has 2 bridgehead atoms. The molecular weight excluding hydrogens is 310 g/mol. The minimum absolute atomic E-state index is 0.184. The van der Waals surface area contributed by atoms with Crippen LogP contribution in [-0.2, 0) is 9.47 Å². The summed E-state index contributed by atoms with van der Waals surface area (Å²) in [6, 6.07) is 7.47. The molecule has 3 saturated heterocycles. The zero-order valence-corrected chi connectivity index (χ0v) is 13.9. The van der Waals surface area contributed by atoms with E-state index >= 15 is 0 Å². The first-order valence-corrected chi connectivity index (χ1v) is 8.52. The summed E-state index contributed by atoms with van der Waals surface area (Å²) in [4.78, 5) is 4.55. The molecule has 3 fully saturated rings. The van der Waals surface area contributed by atoms with E-state index in [0.29, 0.717) is 6.61 Å². The van der Waals surface area contributed by atoms with Crippen LogP contribution >= 0.6 is 0 Å². The number of fused-ring (bicyclic) bond motifs is 2. The highest BCUT2D eigenvalue weighted by Gasteiger charge is 2.51. The van der Waals surface area contributed by atoms with E-state index < -0.39 is 6.10 Å². The minimum Gasteiger partial charge on any atom is -0.495 e. The molecule has 3 N–H and O–H groups in total. The van der Waals surface area contributed by atoms with Gasteiger partial charge in [-0.3, -0.25) is 4.90 Å². The SMILES string of the molecule is COc1ccccc1N1CCN([C@H]2[C@@H]3OC[C@@H](O3)[C@@H](N)[C@@H]2O)CC1. The third kappa shape index (κ3) is 2.66. The fourth-order valence-electron chi connectivity index (χ4n) is 3.97. The van der Waals surface area contributed by atoms with Crippen molar-refractivity contribution in [2.75, 3.05) is 44.8 Å². The Morgan fingerprint density at radius 3 is 2.71 bits per heavy atom. The van der Waals surface area contributed by atoms with Crippen molar-refractivity contribution < 1.29 is 19.3 Å². The highest BCUT2D eigenvalue weighted by atomic mass is 16.7. The van der Waals surface area contributed by atoms with Gasteiger partial charge in [0.25, 0.3) is 0 Å². The van der Waals surface area contributed by atoms with Gasteiger partial charge < -0.3 is 30.0 Å². The normalized spacial score (nSPS) is 36.8. The van der Waals surface area contributed by atoms with E-state index in [1.54, 1.807) is 7.11 Å². The van der Waals surface area contributed by atoms with Crippen LogP contribution in [0.15, 0.2) is 24.3 Å². The molecule has 7 heteroatoms. The number of nitrogens with two attached hydrogens (primary N) is 1. The molecule has 0 aromatic heterocycles. The quantitative estimate of drug-likeness (QED) is 0.780. The highest BCUT2D eigenvalue weighted by Crippen LogP contribution is 2.33. The summed E-state index contributed by atoms with van der Waals surface area (Å²) >= 11 is 0. The van der Waals surface area contributed by atoms with E-state index in [1.165, 1.54) is 0 Å². The summed E-state index contributed by atoms with van der Waals surface area (Å²) in [6.45, 7) is 3.82. The van der Waals surface area contributed by atoms with Gasteiger partial charge in [0.2, 0.25) is 0 Å². The average molecular weight is 335 g/mol. The molecule has 0 unspecified atom stereocenters. The molecular formula is C17H25N3O4. The smallest absolute Gasteiger partial charge is 0.176 e. The fraction of sp³-hybridized carbons (Fsp3) is 0.647. The molecule has 0 aliphatic carbocycles. The standard InChI is InChI=1S/C17H25N3O4/c1-22-12-5-3-2-4-11(12)19-6-8-20(9-7-19)15-16(21)14(18)13-10-23-17(15)24-13/h2-5,13-17,21H,6-10,18H2,1H3/t13-,14-,15-,16+,17-/m1/s1. The molecule has 0 spiro atoms. The number of anilines is 1. The second kappa shape index (κ2) is 6.50. The van der Waals surface area contributed by atoms with E-state index in [4.69, 9.17) is 19.9 Å². The van der Waals surface area contributed by atoms with Crippen LogP contribution in [0.3, 0.4) is 0 Å². The second-order valence-electron chi connectivity index (χ2n) is 6.63. The lowest BCUT2D eigenvalue weighted by molar-refractivity contribution is -0.178. The molecule has 24 heavy (non-hydrogen) atoms. The van der Waals surface area contributed by atoms with E-state index in [0.717, 1.165) is 37.6 Å². The summed E-state index contributed by atoms with van der Waals surface area (Å²) < 4.78 is 17.0. The van der Waals surface area contributed by atoms with Crippen LogP contribution in [0.5, 0.6) is 5.75 Å². The van der Waals surface area contributed by atoms with Gasteiger partial charge >= 0.3 is 0 Å². The van der Waals surface area contributed by atoms with E-state index in [1.807, 2.05) is 18.2 Å². The van der Waals surface area contributed by atoms with Crippen molar-refractivity contribution in [3.05, 3.63) is 24.3 Å². The molecule has 3 aliphatic heterocycles. The highest BCUT2D eigenvalue weighted by molar-refractivity contribution is 5.58. The van der Waals surface area contributed by atoms with Gasteiger partial charge in [0.1, 0.15) is 11.9 Å². The maximum atomic E-state index is 10.6. The Balaban J connectivity index is 1.44. The van der Waals surface area contributed by atoms with Crippen molar-refractivity contribution >= 4 is 5.69 Å². The average Bonchev–Trinajstić information content (AvgIpc) is 3.07. The van der Waals surface area contributed by atoms with Crippen LogP contribution in [0.4, 0.5) is 5.69 Å². The van der Waals surface area contributed by atoms with E-state index in [-0.39, 0.29) is 24.5 Å². The summed E-state index contributed by atoms with van der Waals surface area (Å²) in [5.41, 5.74) is 7.21. The summed E-state index contributed by atoms with van der Waals surface area (Å²) in [7, 11) is 1.69. The van der Waals surface area contributed by atoms with Crippen LogP contribution < -0.4 is 15.4 Å². The number of hydrogen-bond donors (Lipinski definition) is 2. The first-order valence-electron chi connectivity index (χ1n) is 8.52. The van der Waals surface area contributed by atoms with Crippen molar-refractivity contribution in [2.24, 2.45) is 5.73 Å². The third-order valence-corrected chi connectivity index (χ3v) is 5.35. The minimum atomic E-state index is -0.617. The number of piperazine rings is 1. The number of ether oxygens (including phenoxy) is 3. The van der Waals surface area contributed by atoms with Gasteiger partial charge in [-0.1, -0.05) is 12.1 Å². The maximum Gasteiger partial charge on any atom is 0.176 e. The Bertz CT molecular complexity index is 579. The van der Waals surface area contributed by atoms with Crippen LogP contribution in [0, 0.1) is 0 Å². The Labute approximate surface area is 141 Å².